The van der Waals surface area contributed by atoms with Crippen molar-refractivity contribution in [3.63, 3.8) is 0 Å². The van der Waals surface area contributed by atoms with Gasteiger partial charge in [0.1, 0.15) is 0 Å². The third-order valence-corrected chi connectivity index (χ3v) is 0. The van der Waals surface area contributed by atoms with E-state index in [1.54, 1.807) is 0 Å². The molecule has 2 N–H and O–H groups in total. The second kappa shape index (κ2) is 12.6. The summed E-state index contributed by atoms with van der Waals surface area (Å²) >= 11 is 0. The Morgan fingerprint density at radius 2 is 0.353 bits per heavy atom. The monoisotopic (exact) mass is 490 g/mol. The van der Waals surface area contributed by atoms with Crippen LogP contribution in [0.3, 0.4) is 0 Å². The largest absolute Gasteiger partial charge is 3.00 e. The van der Waals surface area contributed by atoms with Crippen LogP contribution in [0.2, 0.25) is 0 Å². The molecule has 0 bridgehead atoms. The third kappa shape index (κ3) is 1700. The van der Waals surface area contributed by atoms with E-state index in [4.69, 9.17) is 55.9 Å². The number of hydrogen-bond acceptors (Lipinski definition) is 12. The first-order valence-corrected chi connectivity index (χ1v) is 5.55. The maximum atomic E-state index is 8.49. The van der Waals surface area contributed by atoms with Crippen molar-refractivity contribution in [1.82, 2.24) is 0 Å². The summed E-state index contributed by atoms with van der Waals surface area (Å²) in [6, 6.07) is 0. The van der Waals surface area contributed by atoms with E-state index in [-0.39, 0.29) is 42.4 Å². The molecule has 0 amide bonds. The molecule has 13 nitrogen and oxygen atoms in total. The summed E-state index contributed by atoms with van der Waals surface area (Å²) in [4.78, 5) is 0. The molecule has 0 aromatic rings. The van der Waals surface area contributed by atoms with Gasteiger partial charge in [0.2, 0.25) is 0 Å². The normalized spacial score (nSPS) is 10.6. The van der Waals surface area contributed by atoms with E-state index in [1.165, 1.54) is 0 Å². The van der Waals surface area contributed by atoms with E-state index < -0.39 is 30.7 Å². The summed E-state index contributed by atoms with van der Waals surface area (Å²) in [6.07, 6.45) is 0. The molecule has 0 unspecified atom stereocenters. The fourth-order valence-electron chi connectivity index (χ4n) is 0. The molecule has 0 fully saturated rings. The number of rotatable bonds is 0. The number of halogens is 3. The zero-order valence-electron chi connectivity index (χ0n) is 6.79. The Morgan fingerprint density at radius 3 is 0.353 bits per heavy atom. The van der Waals surface area contributed by atoms with Crippen molar-refractivity contribution in [2.45, 2.75) is 0 Å². The maximum Gasteiger partial charge on any atom is 3.00 e. The topological polar surface area (TPSA) is 308 Å². The van der Waals surface area contributed by atoms with Crippen LogP contribution in [-0.2, 0) is 0 Å². The quantitative estimate of drug-likeness (QED) is 0.305. The molecule has 17 heavy (non-hydrogen) atoms. The Labute approximate surface area is 128 Å². The van der Waals surface area contributed by atoms with Gasteiger partial charge in [0, 0.05) is 0 Å². The van der Waals surface area contributed by atoms with Crippen LogP contribution in [0.1, 0.15) is 0 Å². The van der Waals surface area contributed by atoms with Crippen LogP contribution in [-0.4, -0.2) is 5.48 Å². The SMILES string of the molecule is O.[Lu+3].[O-][Cl+3]([O-])([O-])[O-].[O-][Cl+3]([O-])([O-])[O-].[O-][Cl+3]([O-])([O-])[O-]. The molecule has 17 heteroatoms. The van der Waals surface area contributed by atoms with Crippen LogP contribution in [0.25, 0.3) is 0 Å². The van der Waals surface area contributed by atoms with Gasteiger partial charge < -0.3 is 5.48 Å². The Balaban J connectivity index is -0.0000000400. The van der Waals surface area contributed by atoms with Crippen molar-refractivity contribution in [3.05, 3.63) is 0 Å². The first-order valence-electron chi connectivity index (χ1n) is 1.85. The van der Waals surface area contributed by atoms with Gasteiger partial charge in [-0.25, -0.2) is 55.9 Å². The molecule has 0 aromatic carbocycles. The Bertz CT molecular complexity index is 91.7. The molecule has 0 heterocycles. The van der Waals surface area contributed by atoms with Gasteiger partial charge >= 0.3 is 36.9 Å². The van der Waals surface area contributed by atoms with E-state index >= 15 is 0 Å². The maximum absolute atomic E-state index is 8.49. The van der Waals surface area contributed by atoms with E-state index in [9.17, 15) is 0 Å². The Morgan fingerprint density at radius 1 is 0.353 bits per heavy atom. The van der Waals surface area contributed by atoms with Crippen LogP contribution in [0.15, 0.2) is 0 Å². The molecule has 0 aromatic heterocycles. The predicted molar refractivity (Wildman–Crippen MR) is 3.61 cm³/mol. The van der Waals surface area contributed by atoms with Gasteiger partial charge in [-0.1, -0.05) is 0 Å². The van der Waals surface area contributed by atoms with Crippen LogP contribution in [0.4, 0.5) is 0 Å². The molecule has 0 saturated heterocycles. The molecule has 116 valence electrons. The van der Waals surface area contributed by atoms with Gasteiger partial charge in [-0.3, -0.25) is 0 Å². The van der Waals surface area contributed by atoms with Crippen LogP contribution in [0.5, 0.6) is 0 Å². The third-order valence-electron chi connectivity index (χ3n) is 0. The molecule has 0 saturated carbocycles. The van der Waals surface area contributed by atoms with Crippen molar-refractivity contribution in [3.8, 4) is 0 Å². The smallest absolute Gasteiger partial charge is 0.412 e. The van der Waals surface area contributed by atoms with Crippen molar-refractivity contribution < 1.29 is 129 Å². The Hall–Kier alpha value is 1.58. The molecule has 0 rings (SSSR count). The van der Waals surface area contributed by atoms with Crippen molar-refractivity contribution in [2.24, 2.45) is 0 Å². The number of hydrogen-bond donors (Lipinski definition) is 0. The van der Waals surface area contributed by atoms with Gasteiger partial charge in [0.05, 0.1) is 0 Å². The van der Waals surface area contributed by atoms with Gasteiger partial charge in [-0.2, -0.15) is 0 Å². The van der Waals surface area contributed by atoms with E-state index in [0.717, 1.165) is 0 Å². The Kier molecular flexibility index (Phi) is 23.1. The molecule has 0 aliphatic carbocycles. The minimum Gasteiger partial charge on any atom is -0.412 e. The average Bonchev–Trinajstić information content (AvgIpc) is 1.41. The fraction of sp³-hybridized carbons (Fsp3) is 0. The predicted octanol–water partition coefficient (Wildman–Crippen LogP) is -15.1. The van der Waals surface area contributed by atoms with Gasteiger partial charge in [-0.05, 0) is 0 Å². The molecule has 0 radical (unpaired) electrons. The zero-order chi connectivity index (χ0) is 13.5. The van der Waals surface area contributed by atoms with E-state index in [2.05, 4.69) is 0 Å². The first-order chi connectivity index (χ1) is 6.00. The van der Waals surface area contributed by atoms with Crippen molar-refractivity contribution >= 4 is 0 Å². The minimum absolute atomic E-state index is 0. The van der Waals surface area contributed by atoms with Gasteiger partial charge in [0.15, 0.2) is 0 Å². The second-order valence-electron chi connectivity index (χ2n) is 1.13. The van der Waals surface area contributed by atoms with Crippen LogP contribution in [0, 0.1) is 67.6 Å². The summed E-state index contributed by atoms with van der Waals surface area (Å²) in [5, 5.41) is 0. The summed E-state index contributed by atoms with van der Waals surface area (Å²) in [5.74, 6) is 0. The zero-order valence-corrected chi connectivity index (χ0v) is 10.7. The summed E-state index contributed by atoms with van der Waals surface area (Å²) in [7, 11) is -14.8. The average molecular weight is 491 g/mol. The van der Waals surface area contributed by atoms with Crippen LogP contribution >= 0.6 is 0 Å². The summed E-state index contributed by atoms with van der Waals surface area (Å²) in [5.41, 5.74) is 0. The van der Waals surface area contributed by atoms with Crippen molar-refractivity contribution in [2.75, 3.05) is 0 Å². The van der Waals surface area contributed by atoms with E-state index in [0.29, 0.717) is 0 Å². The summed E-state index contributed by atoms with van der Waals surface area (Å²) in [6.45, 7) is 0. The molecule has 0 aliphatic rings. The molecule has 0 atom stereocenters. The fourth-order valence-corrected chi connectivity index (χ4v) is 0. The first kappa shape index (κ1) is 31.1. The standard InChI is InChI=1S/3ClHO4.Lu.H2O/c3*2-1(3,4)5;;/h3*(H,2,3,4,5);;1H2/q;;;+3;/p-3. The van der Waals surface area contributed by atoms with E-state index in [1.807, 2.05) is 0 Å². The molecular formula is H2Cl3LuO13. The van der Waals surface area contributed by atoms with Gasteiger partial charge in [0.25, 0.3) is 0 Å². The van der Waals surface area contributed by atoms with Crippen LogP contribution < -0.4 is 55.9 Å². The van der Waals surface area contributed by atoms with Gasteiger partial charge in [-0.15, -0.1) is 30.7 Å². The summed E-state index contributed by atoms with van der Waals surface area (Å²) < 4.78 is 102. The second-order valence-corrected chi connectivity index (χ2v) is 3.40. The molecule has 0 spiro atoms. The molecule has 0 aliphatic heterocycles. The minimum atomic E-state index is -4.94. The molecular weight excluding hydrogens is 489 g/mol. The van der Waals surface area contributed by atoms with Crippen molar-refractivity contribution in [1.29, 1.82) is 0 Å².